The quantitative estimate of drug-likeness (QED) is 0.312. The zero-order chi connectivity index (χ0) is 24.2. The van der Waals surface area contributed by atoms with Crippen LogP contribution >= 0.6 is 0 Å². The number of carbonyl (C=O) groups excluding carboxylic acids is 2. The molecule has 0 bridgehead atoms. The number of anilines is 1. The first-order valence-corrected chi connectivity index (χ1v) is 10.8. The van der Waals surface area contributed by atoms with E-state index in [-0.39, 0.29) is 11.3 Å². The van der Waals surface area contributed by atoms with Gasteiger partial charge in [-0.05, 0) is 48.9 Å². The number of Topliss-reactive ketones (excluding diaryl/α,β-unsaturated/α-hetero) is 1. The fourth-order valence-electron chi connectivity index (χ4n) is 4.06. The number of methoxy groups -OCH3 is 2. The van der Waals surface area contributed by atoms with Gasteiger partial charge < -0.3 is 19.3 Å². The number of amides is 1. The van der Waals surface area contributed by atoms with E-state index in [1.807, 2.05) is 6.92 Å². The summed E-state index contributed by atoms with van der Waals surface area (Å²) < 4.78 is 16.3. The van der Waals surface area contributed by atoms with E-state index in [2.05, 4.69) is 0 Å². The normalized spacial score (nSPS) is 17.0. The Bertz CT molecular complexity index is 1230. The second-order valence-corrected chi connectivity index (χ2v) is 7.58. The molecule has 1 saturated heterocycles. The molecular formula is C27H25NO6. The lowest BCUT2D eigenvalue weighted by atomic mass is 9.94. The van der Waals surface area contributed by atoms with Gasteiger partial charge in [0.15, 0.2) is 11.5 Å². The highest BCUT2D eigenvalue weighted by atomic mass is 16.5. The molecule has 1 N–H and O–H groups in total. The number of carbonyl (C=O) groups is 2. The first kappa shape index (κ1) is 22.9. The van der Waals surface area contributed by atoms with Crippen molar-refractivity contribution in [2.75, 3.05) is 25.7 Å². The van der Waals surface area contributed by atoms with Crippen molar-refractivity contribution < 1.29 is 28.9 Å². The summed E-state index contributed by atoms with van der Waals surface area (Å²) in [5.74, 6) is -0.150. The molecule has 0 unspecified atom stereocenters. The number of benzene rings is 3. The fourth-order valence-corrected chi connectivity index (χ4v) is 4.06. The van der Waals surface area contributed by atoms with Crippen molar-refractivity contribution in [1.82, 2.24) is 0 Å². The number of hydrogen-bond acceptors (Lipinski definition) is 6. The highest BCUT2D eigenvalue weighted by molar-refractivity contribution is 6.51. The second kappa shape index (κ2) is 9.70. The molecule has 3 aromatic carbocycles. The summed E-state index contributed by atoms with van der Waals surface area (Å²) in [4.78, 5) is 27.9. The van der Waals surface area contributed by atoms with Crippen molar-refractivity contribution in [3.8, 4) is 17.2 Å². The Morgan fingerprint density at radius 3 is 2.21 bits per heavy atom. The molecule has 1 amide bonds. The molecule has 1 heterocycles. The highest BCUT2D eigenvalue weighted by Gasteiger charge is 2.47. The molecule has 174 valence electrons. The van der Waals surface area contributed by atoms with Crippen LogP contribution in [0.2, 0.25) is 0 Å². The van der Waals surface area contributed by atoms with Gasteiger partial charge in [-0.3, -0.25) is 14.5 Å². The van der Waals surface area contributed by atoms with Crippen LogP contribution in [0.25, 0.3) is 5.76 Å². The topological polar surface area (TPSA) is 85.3 Å². The maximum Gasteiger partial charge on any atom is 0.300 e. The Labute approximate surface area is 197 Å². The third kappa shape index (κ3) is 4.08. The predicted molar refractivity (Wildman–Crippen MR) is 128 cm³/mol. The Kier molecular flexibility index (Phi) is 6.54. The fraction of sp³-hybridized carbons (Fsp3) is 0.185. The molecule has 1 aliphatic rings. The number of aliphatic hydroxyl groups excluding tert-OH is 1. The Hall–Kier alpha value is -4.26. The van der Waals surface area contributed by atoms with Crippen LogP contribution in [0.4, 0.5) is 5.69 Å². The molecule has 1 atom stereocenters. The van der Waals surface area contributed by atoms with Crippen LogP contribution in [-0.2, 0) is 9.59 Å². The zero-order valence-corrected chi connectivity index (χ0v) is 19.1. The first-order valence-electron chi connectivity index (χ1n) is 10.8. The van der Waals surface area contributed by atoms with Crippen molar-refractivity contribution in [1.29, 1.82) is 0 Å². The molecule has 7 nitrogen and oxygen atoms in total. The molecule has 3 aromatic rings. The minimum absolute atomic E-state index is 0.00250. The van der Waals surface area contributed by atoms with Crippen LogP contribution in [0, 0.1) is 0 Å². The molecule has 34 heavy (non-hydrogen) atoms. The van der Waals surface area contributed by atoms with E-state index in [0.29, 0.717) is 40.7 Å². The van der Waals surface area contributed by atoms with Crippen molar-refractivity contribution in [3.05, 3.63) is 89.5 Å². The summed E-state index contributed by atoms with van der Waals surface area (Å²) in [5, 5.41) is 11.2. The number of nitrogens with zero attached hydrogens (tertiary/aromatic N) is 1. The van der Waals surface area contributed by atoms with Crippen LogP contribution in [0.1, 0.15) is 24.1 Å². The Balaban J connectivity index is 1.92. The lowest BCUT2D eigenvalue weighted by Gasteiger charge is -2.26. The summed E-state index contributed by atoms with van der Waals surface area (Å²) in [5.41, 5.74) is 1.52. The maximum absolute atomic E-state index is 13.3. The monoisotopic (exact) mass is 459 g/mol. The van der Waals surface area contributed by atoms with E-state index in [1.54, 1.807) is 72.8 Å². The van der Waals surface area contributed by atoms with E-state index in [9.17, 15) is 14.7 Å². The molecular weight excluding hydrogens is 434 g/mol. The average Bonchev–Trinajstić information content (AvgIpc) is 3.14. The summed E-state index contributed by atoms with van der Waals surface area (Å²) in [7, 11) is 3.04. The first-order chi connectivity index (χ1) is 16.5. The average molecular weight is 459 g/mol. The van der Waals surface area contributed by atoms with Gasteiger partial charge in [0.25, 0.3) is 11.7 Å². The van der Waals surface area contributed by atoms with Crippen molar-refractivity contribution >= 4 is 23.1 Å². The summed E-state index contributed by atoms with van der Waals surface area (Å²) >= 11 is 0. The third-order valence-electron chi connectivity index (χ3n) is 5.64. The molecule has 0 radical (unpaired) electrons. The zero-order valence-electron chi connectivity index (χ0n) is 19.1. The molecule has 0 aliphatic carbocycles. The lowest BCUT2D eigenvalue weighted by Crippen LogP contribution is -2.29. The number of hydrogen-bond donors (Lipinski definition) is 1. The van der Waals surface area contributed by atoms with E-state index >= 15 is 0 Å². The minimum atomic E-state index is -0.877. The molecule has 4 rings (SSSR count). The molecule has 1 aliphatic heterocycles. The van der Waals surface area contributed by atoms with Gasteiger partial charge in [-0.15, -0.1) is 0 Å². The van der Waals surface area contributed by atoms with Gasteiger partial charge in [0, 0.05) is 11.3 Å². The summed E-state index contributed by atoms with van der Waals surface area (Å²) in [6.07, 6.45) is 0. The van der Waals surface area contributed by atoms with Gasteiger partial charge >= 0.3 is 0 Å². The van der Waals surface area contributed by atoms with Crippen LogP contribution in [-0.4, -0.2) is 37.6 Å². The van der Waals surface area contributed by atoms with E-state index in [1.165, 1.54) is 19.1 Å². The second-order valence-electron chi connectivity index (χ2n) is 7.58. The van der Waals surface area contributed by atoms with E-state index in [0.717, 1.165) is 0 Å². The number of ketones is 1. The molecule has 1 fully saturated rings. The van der Waals surface area contributed by atoms with Gasteiger partial charge in [-0.25, -0.2) is 0 Å². The van der Waals surface area contributed by atoms with Crippen LogP contribution in [0.5, 0.6) is 17.2 Å². The number of ether oxygens (including phenoxy) is 3. The van der Waals surface area contributed by atoms with Crippen LogP contribution in [0.3, 0.4) is 0 Å². The smallest absolute Gasteiger partial charge is 0.300 e. The van der Waals surface area contributed by atoms with E-state index in [4.69, 9.17) is 14.2 Å². The third-order valence-corrected chi connectivity index (χ3v) is 5.64. The van der Waals surface area contributed by atoms with Crippen molar-refractivity contribution in [2.24, 2.45) is 0 Å². The SMILES string of the molecule is CCOc1ccc(N2C(=O)C(=O)C(=C(O)c3ccccc3)[C@H]2c2ccc(OC)c(OC)c2)cc1. The molecule has 0 saturated carbocycles. The molecule has 0 aromatic heterocycles. The van der Waals surface area contributed by atoms with Gasteiger partial charge in [0.2, 0.25) is 0 Å². The Morgan fingerprint density at radius 2 is 1.59 bits per heavy atom. The van der Waals surface area contributed by atoms with Crippen LogP contribution < -0.4 is 19.1 Å². The molecule has 0 spiro atoms. The predicted octanol–water partition coefficient (Wildman–Crippen LogP) is 4.73. The minimum Gasteiger partial charge on any atom is -0.507 e. The maximum atomic E-state index is 13.3. The summed E-state index contributed by atoms with van der Waals surface area (Å²) in [6, 6.07) is 19.9. The highest BCUT2D eigenvalue weighted by Crippen LogP contribution is 2.44. The summed E-state index contributed by atoms with van der Waals surface area (Å²) in [6.45, 7) is 2.39. The van der Waals surface area contributed by atoms with E-state index < -0.39 is 17.7 Å². The Morgan fingerprint density at radius 1 is 0.912 bits per heavy atom. The standard InChI is InChI=1S/C27H25NO6/c1-4-34-20-13-11-19(12-14-20)28-24(18-10-15-21(32-2)22(16-18)33-3)23(26(30)27(28)31)25(29)17-8-6-5-7-9-17/h5-16,24,29H,4H2,1-3H3/t24-/m1/s1. The van der Waals surface area contributed by atoms with Gasteiger partial charge in [-0.2, -0.15) is 0 Å². The number of rotatable bonds is 7. The van der Waals surface area contributed by atoms with Gasteiger partial charge in [-0.1, -0.05) is 36.4 Å². The largest absolute Gasteiger partial charge is 0.507 e. The van der Waals surface area contributed by atoms with Gasteiger partial charge in [0.1, 0.15) is 11.5 Å². The molecule has 7 heteroatoms. The number of aliphatic hydroxyl groups is 1. The van der Waals surface area contributed by atoms with Crippen LogP contribution in [0.15, 0.2) is 78.4 Å². The van der Waals surface area contributed by atoms with Gasteiger partial charge in [0.05, 0.1) is 32.4 Å². The van der Waals surface area contributed by atoms with Crippen molar-refractivity contribution in [2.45, 2.75) is 13.0 Å². The van der Waals surface area contributed by atoms with Crippen molar-refractivity contribution in [3.63, 3.8) is 0 Å². The lowest BCUT2D eigenvalue weighted by molar-refractivity contribution is -0.132.